The molecule has 1 aliphatic heterocycles. The second-order valence-electron chi connectivity index (χ2n) is 5.49. The Morgan fingerprint density at radius 3 is 2.53 bits per heavy atom. The minimum absolute atomic E-state index is 0.284. The number of ketones is 1. The number of nitrogens with zero attached hydrogens (tertiary/aromatic N) is 2. The monoisotopic (exact) mass is 260 g/mol. The van der Waals surface area contributed by atoms with Gasteiger partial charge in [-0.25, -0.2) is 0 Å². The average molecular weight is 260 g/mol. The summed E-state index contributed by atoms with van der Waals surface area (Å²) >= 11 is 0. The average Bonchev–Trinajstić information content (AvgIpc) is 2.41. The summed E-state index contributed by atoms with van der Waals surface area (Å²) in [7, 11) is 2.17. The molecule has 1 aromatic carbocycles. The Labute approximate surface area is 116 Å². The number of piperazine rings is 1. The van der Waals surface area contributed by atoms with E-state index in [-0.39, 0.29) is 5.78 Å². The molecule has 0 saturated carbocycles. The van der Waals surface area contributed by atoms with Crippen molar-refractivity contribution >= 4 is 5.78 Å². The molecule has 2 rings (SSSR count). The standard InChI is InChI=1S/C16H24N2O/c1-14-6-3-4-7-15(14)16(19)8-5-9-18-12-10-17(2)11-13-18/h3-4,6-7H,5,8-13H2,1-2H3. The first-order valence-electron chi connectivity index (χ1n) is 7.16. The third-order valence-corrected chi connectivity index (χ3v) is 3.92. The van der Waals surface area contributed by atoms with Gasteiger partial charge in [-0.3, -0.25) is 4.79 Å². The van der Waals surface area contributed by atoms with Gasteiger partial charge >= 0.3 is 0 Å². The molecule has 0 N–H and O–H groups in total. The van der Waals surface area contributed by atoms with E-state index < -0.39 is 0 Å². The molecular formula is C16H24N2O. The van der Waals surface area contributed by atoms with Crippen molar-refractivity contribution in [3.8, 4) is 0 Å². The zero-order valence-corrected chi connectivity index (χ0v) is 12.1. The third kappa shape index (κ3) is 4.15. The summed E-state index contributed by atoms with van der Waals surface area (Å²) in [5.41, 5.74) is 1.98. The van der Waals surface area contributed by atoms with Gasteiger partial charge in [-0.15, -0.1) is 0 Å². The van der Waals surface area contributed by atoms with Crippen molar-refractivity contribution in [3.63, 3.8) is 0 Å². The van der Waals surface area contributed by atoms with E-state index in [0.29, 0.717) is 6.42 Å². The molecule has 0 spiro atoms. The van der Waals surface area contributed by atoms with Gasteiger partial charge in [-0.05, 0) is 32.5 Å². The maximum atomic E-state index is 12.1. The van der Waals surface area contributed by atoms with Gasteiger partial charge in [-0.2, -0.15) is 0 Å². The van der Waals surface area contributed by atoms with E-state index in [2.05, 4.69) is 16.8 Å². The molecule has 104 valence electrons. The fourth-order valence-corrected chi connectivity index (χ4v) is 2.56. The molecule has 0 aromatic heterocycles. The van der Waals surface area contributed by atoms with Crippen molar-refractivity contribution in [2.75, 3.05) is 39.8 Å². The minimum Gasteiger partial charge on any atom is -0.304 e. The normalized spacial score (nSPS) is 17.6. The van der Waals surface area contributed by atoms with Crippen LogP contribution in [0, 0.1) is 6.92 Å². The summed E-state index contributed by atoms with van der Waals surface area (Å²) in [6.45, 7) is 7.61. The second-order valence-corrected chi connectivity index (χ2v) is 5.49. The fraction of sp³-hybridized carbons (Fsp3) is 0.562. The van der Waals surface area contributed by atoms with Gasteiger partial charge in [0.25, 0.3) is 0 Å². The Kier molecular flexibility index (Phi) is 5.11. The predicted molar refractivity (Wildman–Crippen MR) is 78.7 cm³/mol. The summed E-state index contributed by atoms with van der Waals surface area (Å²) in [6, 6.07) is 7.87. The molecule has 0 aliphatic carbocycles. The third-order valence-electron chi connectivity index (χ3n) is 3.92. The van der Waals surface area contributed by atoms with Crippen LogP contribution >= 0.6 is 0 Å². The number of benzene rings is 1. The van der Waals surface area contributed by atoms with Gasteiger partial charge in [0.1, 0.15) is 0 Å². The van der Waals surface area contributed by atoms with Crippen LogP contribution in [0.5, 0.6) is 0 Å². The molecule has 1 saturated heterocycles. The van der Waals surface area contributed by atoms with Crippen molar-refractivity contribution in [1.29, 1.82) is 0 Å². The summed E-state index contributed by atoms with van der Waals surface area (Å²) < 4.78 is 0. The molecule has 1 aromatic rings. The van der Waals surface area contributed by atoms with Crippen LogP contribution in [0.3, 0.4) is 0 Å². The molecule has 0 bridgehead atoms. The molecule has 0 unspecified atom stereocenters. The van der Waals surface area contributed by atoms with E-state index in [1.54, 1.807) is 0 Å². The predicted octanol–water partition coefficient (Wildman–Crippen LogP) is 2.21. The fourth-order valence-electron chi connectivity index (χ4n) is 2.56. The van der Waals surface area contributed by atoms with Gasteiger partial charge in [0.05, 0.1) is 0 Å². The number of hydrogen-bond donors (Lipinski definition) is 0. The van der Waals surface area contributed by atoms with Crippen molar-refractivity contribution in [3.05, 3.63) is 35.4 Å². The van der Waals surface area contributed by atoms with Crippen LogP contribution < -0.4 is 0 Å². The van der Waals surface area contributed by atoms with E-state index in [1.165, 1.54) is 0 Å². The number of carbonyl (C=O) groups excluding carboxylic acids is 1. The molecule has 3 heteroatoms. The summed E-state index contributed by atoms with van der Waals surface area (Å²) in [5.74, 6) is 0.284. The molecular weight excluding hydrogens is 236 g/mol. The Bertz CT molecular complexity index is 423. The highest BCUT2D eigenvalue weighted by molar-refractivity contribution is 5.97. The highest BCUT2D eigenvalue weighted by Crippen LogP contribution is 2.11. The largest absolute Gasteiger partial charge is 0.304 e. The Morgan fingerprint density at radius 2 is 1.84 bits per heavy atom. The number of rotatable bonds is 5. The van der Waals surface area contributed by atoms with Crippen LogP contribution in [-0.2, 0) is 0 Å². The lowest BCUT2D eigenvalue weighted by molar-refractivity contribution is 0.0966. The van der Waals surface area contributed by atoms with E-state index in [4.69, 9.17) is 0 Å². The maximum absolute atomic E-state index is 12.1. The molecule has 19 heavy (non-hydrogen) atoms. The van der Waals surface area contributed by atoms with Crippen LogP contribution in [0.1, 0.15) is 28.8 Å². The molecule has 1 heterocycles. The quantitative estimate of drug-likeness (QED) is 0.758. The molecule has 0 atom stereocenters. The summed E-state index contributed by atoms with van der Waals surface area (Å²) in [6.07, 6.45) is 1.63. The molecule has 3 nitrogen and oxygen atoms in total. The minimum atomic E-state index is 0.284. The molecule has 0 radical (unpaired) electrons. The molecule has 1 fully saturated rings. The number of likely N-dealkylation sites (N-methyl/N-ethyl adjacent to an activating group) is 1. The first-order valence-corrected chi connectivity index (χ1v) is 7.16. The van der Waals surface area contributed by atoms with Gasteiger partial charge in [-0.1, -0.05) is 24.3 Å². The first kappa shape index (κ1) is 14.2. The maximum Gasteiger partial charge on any atom is 0.163 e. The van der Waals surface area contributed by atoms with E-state index >= 15 is 0 Å². The van der Waals surface area contributed by atoms with E-state index in [0.717, 1.165) is 50.3 Å². The first-order chi connectivity index (χ1) is 9.16. The topological polar surface area (TPSA) is 23.6 Å². The summed E-state index contributed by atoms with van der Waals surface area (Å²) in [4.78, 5) is 17.0. The van der Waals surface area contributed by atoms with Gasteiger partial charge < -0.3 is 9.80 Å². The van der Waals surface area contributed by atoms with Gasteiger partial charge in [0.15, 0.2) is 5.78 Å². The SMILES string of the molecule is Cc1ccccc1C(=O)CCCN1CCN(C)CC1. The second kappa shape index (κ2) is 6.83. The Morgan fingerprint density at radius 1 is 1.16 bits per heavy atom. The number of aryl methyl sites for hydroxylation is 1. The van der Waals surface area contributed by atoms with E-state index in [9.17, 15) is 4.79 Å². The number of hydrogen-bond acceptors (Lipinski definition) is 3. The van der Waals surface area contributed by atoms with Crippen molar-refractivity contribution in [2.24, 2.45) is 0 Å². The Balaban J connectivity index is 1.74. The van der Waals surface area contributed by atoms with Crippen molar-refractivity contribution in [1.82, 2.24) is 9.80 Å². The highest BCUT2D eigenvalue weighted by atomic mass is 16.1. The smallest absolute Gasteiger partial charge is 0.163 e. The van der Waals surface area contributed by atoms with Crippen LogP contribution in [0.15, 0.2) is 24.3 Å². The lowest BCUT2D eigenvalue weighted by Crippen LogP contribution is -2.44. The van der Waals surface area contributed by atoms with Crippen LogP contribution in [0.2, 0.25) is 0 Å². The molecule has 0 amide bonds. The Hall–Kier alpha value is -1.19. The van der Waals surface area contributed by atoms with Crippen LogP contribution in [0.4, 0.5) is 0 Å². The van der Waals surface area contributed by atoms with Crippen molar-refractivity contribution < 1.29 is 4.79 Å². The zero-order valence-electron chi connectivity index (χ0n) is 12.1. The number of Topliss-reactive ketones (excluding diaryl/α,β-unsaturated/α-hetero) is 1. The van der Waals surface area contributed by atoms with Crippen molar-refractivity contribution in [2.45, 2.75) is 19.8 Å². The van der Waals surface area contributed by atoms with Gasteiger partial charge in [0, 0.05) is 38.2 Å². The van der Waals surface area contributed by atoms with Crippen LogP contribution in [-0.4, -0.2) is 55.4 Å². The van der Waals surface area contributed by atoms with Crippen LogP contribution in [0.25, 0.3) is 0 Å². The lowest BCUT2D eigenvalue weighted by atomic mass is 10.0. The van der Waals surface area contributed by atoms with E-state index in [1.807, 2.05) is 31.2 Å². The lowest BCUT2D eigenvalue weighted by Gasteiger charge is -2.32. The summed E-state index contributed by atoms with van der Waals surface area (Å²) in [5, 5.41) is 0. The van der Waals surface area contributed by atoms with Gasteiger partial charge in [0.2, 0.25) is 0 Å². The molecule has 1 aliphatic rings. The highest BCUT2D eigenvalue weighted by Gasteiger charge is 2.14. The number of carbonyl (C=O) groups is 1. The zero-order chi connectivity index (χ0) is 13.7.